The summed E-state index contributed by atoms with van der Waals surface area (Å²) in [5, 5.41) is 0. The third kappa shape index (κ3) is 4.43. The minimum atomic E-state index is -3.48. The molecule has 0 aliphatic rings. The first-order valence-corrected chi connectivity index (χ1v) is 11.0. The molecular weight excluding hydrogens is 419 g/mol. The number of fused-ring (bicyclic) bond motifs is 1. The van der Waals surface area contributed by atoms with Crippen LogP contribution in [0.3, 0.4) is 0 Å². The lowest BCUT2D eigenvalue weighted by molar-refractivity contribution is -0.141. The fourth-order valence-corrected chi connectivity index (χ4v) is 4.60. The Bertz CT molecular complexity index is 1280. The SMILES string of the molecule is CCS(=O)(=O)c1cccc(C(=O)N=c2sc3cc(F)ccc3n2CC(=O)OC)c1. The van der Waals surface area contributed by atoms with Crippen molar-refractivity contribution in [1.82, 2.24) is 4.57 Å². The molecule has 0 aliphatic carbocycles. The highest BCUT2D eigenvalue weighted by molar-refractivity contribution is 7.91. The fourth-order valence-electron chi connectivity index (χ4n) is 2.62. The molecule has 0 bridgehead atoms. The number of nitrogens with zero attached hydrogens (tertiary/aromatic N) is 2. The largest absolute Gasteiger partial charge is 0.468 e. The van der Waals surface area contributed by atoms with Crippen LogP contribution in [-0.4, -0.2) is 37.7 Å². The number of carbonyl (C=O) groups is 2. The number of hydrogen-bond acceptors (Lipinski definition) is 6. The molecule has 2 aromatic carbocycles. The molecule has 0 saturated heterocycles. The smallest absolute Gasteiger partial charge is 0.325 e. The minimum absolute atomic E-state index is 0.0295. The Labute approximate surface area is 170 Å². The molecule has 1 aromatic heterocycles. The predicted molar refractivity (Wildman–Crippen MR) is 106 cm³/mol. The average molecular weight is 436 g/mol. The molecule has 1 amide bonds. The van der Waals surface area contributed by atoms with Crippen LogP contribution in [0.15, 0.2) is 52.4 Å². The normalized spacial score (nSPS) is 12.3. The molecule has 1 heterocycles. The van der Waals surface area contributed by atoms with Gasteiger partial charge in [0, 0.05) is 5.56 Å². The number of amides is 1. The highest BCUT2D eigenvalue weighted by atomic mass is 32.2. The molecule has 29 heavy (non-hydrogen) atoms. The van der Waals surface area contributed by atoms with E-state index in [0.29, 0.717) is 10.2 Å². The first kappa shape index (κ1) is 20.9. The second kappa shape index (κ2) is 8.26. The summed E-state index contributed by atoms with van der Waals surface area (Å²) >= 11 is 1.04. The summed E-state index contributed by atoms with van der Waals surface area (Å²) < 4.78 is 44.3. The number of esters is 1. The first-order valence-electron chi connectivity index (χ1n) is 8.52. The van der Waals surface area contributed by atoms with Crippen molar-refractivity contribution in [3.05, 3.63) is 58.6 Å². The van der Waals surface area contributed by atoms with Gasteiger partial charge in [0.25, 0.3) is 5.91 Å². The summed E-state index contributed by atoms with van der Waals surface area (Å²) in [5.41, 5.74) is 0.614. The van der Waals surface area contributed by atoms with Crippen LogP contribution in [0.5, 0.6) is 0 Å². The van der Waals surface area contributed by atoms with Crippen molar-refractivity contribution in [2.75, 3.05) is 12.9 Å². The molecule has 0 fully saturated rings. The Hall–Kier alpha value is -2.85. The van der Waals surface area contributed by atoms with Crippen LogP contribution >= 0.6 is 11.3 Å². The van der Waals surface area contributed by atoms with Crippen LogP contribution in [0.2, 0.25) is 0 Å². The lowest BCUT2D eigenvalue weighted by Gasteiger charge is -2.04. The van der Waals surface area contributed by atoms with Crippen molar-refractivity contribution in [1.29, 1.82) is 0 Å². The molecule has 3 rings (SSSR count). The lowest BCUT2D eigenvalue weighted by atomic mass is 10.2. The number of hydrogen-bond donors (Lipinski definition) is 0. The average Bonchev–Trinajstić information content (AvgIpc) is 3.03. The van der Waals surface area contributed by atoms with E-state index in [-0.39, 0.29) is 27.6 Å². The highest BCUT2D eigenvalue weighted by Crippen LogP contribution is 2.19. The number of thiazole rings is 1. The number of benzene rings is 2. The maximum atomic E-state index is 13.6. The zero-order valence-corrected chi connectivity index (χ0v) is 17.2. The van der Waals surface area contributed by atoms with Gasteiger partial charge in [0.05, 0.1) is 28.0 Å². The number of halogens is 1. The number of ether oxygens (including phenoxy) is 1. The Morgan fingerprint density at radius 3 is 2.66 bits per heavy atom. The van der Waals surface area contributed by atoms with E-state index in [2.05, 4.69) is 9.73 Å². The number of rotatable bonds is 5. The van der Waals surface area contributed by atoms with Crippen molar-refractivity contribution >= 4 is 43.3 Å². The first-order chi connectivity index (χ1) is 13.7. The van der Waals surface area contributed by atoms with Gasteiger partial charge < -0.3 is 9.30 Å². The van der Waals surface area contributed by atoms with E-state index in [1.54, 1.807) is 0 Å². The Morgan fingerprint density at radius 1 is 1.21 bits per heavy atom. The number of sulfone groups is 1. The lowest BCUT2D eigenvalue weighted by Crippen LogP contribution is -2.22. The maximum Gasteiger partial charge on any atom is 0.325 e. The van der Waals surface area contributed by atoms with Gasteiger partial charge in [-0.3, -0.25) is 9.59 Å². The molecule has 3 aromatic rings. The van der Waals surface area contributed by atoms with Crippen molar-refractivity contribution in [2.24, 2.45) is 4.99 Å². The number of carbonyl (C=O) groups excluding carboxylic acids is 2. The van der Waals surface area contributed by atoms with E-state index in [4.69, 9.17) is 0 Å². The van der Waals surface area contributed by atoms with Gasteiger partial charge in [0.15, 0.2) is 14.6 Å². The molecule has 0 saturated carbocycles. The minimum Gasteiger partial charge on any atom is -0.468 e. The second-order valence-electron chi connectivity index (χ2n) is 6.01. The van der Waals surface area contributed by atoms with E-state index >= 15 is 0 Å². The topological polar surface area (TPSA) is 94.8 Å². The summed E-state index contributed by atoms with van der Waals surface area (Å²) in [5.74, 6) is -1.79. The van der Waals surface area contributed by atoms with Gasteiger partial charge in [0.1, 0.15) is 12.4 Å². The number of aromatic nitrogens is 1. The quantitative estimate of drug-likeness (QED) is 0.573. The molecule has 0 spiro atoms. The fraction of sp³-hybridized carbons (Fsp3) is 0.211. The molecule has 7 nitrogen and oxygen atoms in total. The van der Waals surface area contributed by atoms with Crippen molar-refractivity contribution in [3.8, 4) is 0 Å². The van der Waals surface area contributed by atoms with Gasteiger partial charge >= 0.3 is 5.97 Å². The summed E-state index contributed by atoms with van der Waals surface area (Å²) in [6, 6.07) is 9.62. The zero-order valence-electron chi connectivity index (χ0n) is 15.6. The molecule has 0 radical (unpaired) electrons. The maximum absolute atomic E-state index is 13.6. The molecule has 152 valence electrons. The van der Waals surface area contributed by atoms with E-state index in [0.717, 1.165) is 11.3 Å². The van der Waals surface area contributed by atoms with Gasteiger partial charge in [-0.05, 0) is 36.4 Å². The van der Waals surface area contributed by atoms with Gasteiger partial charge in [-0.15, -0.1) is 0 Å². The van der Waals surface area contributed by atoms with Crippen LogP contribution < -0.4 is 4.80 Å². The standard InChI is InChI=1S/C19H17FN2O5S2/c1-3-29(25,26)14-6-4-5-12(9-14)18(24)21-19-22(11-17(23)27-2)15-8-7-13(20)10-16(15)28-19/h4-10H,3,11H2,1-2H3. The van der Waals surface area contributed by atoms with Gasteiger partial charge in [-0.1, -0.05) is 24.3 Å². The molecular formula is C19H17FN2O5S2. The van der Waals surface area contributed by atoms with Gasteiger partial charge in [-0.2, -0.15) is 4.99 Å². The monoisotopic (exact) mass is 436 g/mol. The third-order valence-electron chi connectivity index (χ3n) is 4.18. The number of methoxy groups -OCH3 is 1. The van der Waals surface area contributed by atoms with E-state index in [1.165, 1.54) is 61.1 Å². The van der Waals surface area contributed by atoms with E-state index in [9.17, 15) is 22.4 Å². The zero-order chi connectivity index (χ0) is 21.2. The molecule has 10 heteroatoms. The van der Waals surface area contributed by atoms with E-state index < -0.39 is 27.5 Å². The van der Waals surface area contributed by atoms with Crippen LogP contribution in [0.1, 0.15) is 17.3 Å². The summed E-state index contributed by atoms with van der Waals surface area (Å²) in [6.07, 6.45) is 0. The van der Waals surface area contributed by atoms with Crippen LogP contribution in [0, 0.1) is 5.82 Å². The van der Waals surface area contributed by atoms with Crippen LogP contribution in [0.25, 0.3) is 10.2 Å². The summed E-state index contributed by atoms with van der Waals surface area (Å²) in [6.45, 7) is 1.30. The van der Waals surface area contributed by atoms with Crippen molar-refractivity contribution < 1.29 is 27.1 Å². The molecule has 0 unspecified atom stereocenters. The molecule has 0 N–H and O–H groups in total. The van der Waals surface area contributed by atoms with Crippen LogP contribution in [0.4, 0.5) is 4.39 Å². The summed E-state index contributed by atoms with van der Waals surface area (Å²) in [4.78, 5) is 28.7. The Morgan fingerprint density at radius 2 is 1.97 bits per heavy atom. The Kier molecular flexibility index (Phi) is 5.94. The Balaban J connectivity index is 2.12. The van der Waals surface area contributed by atoms with Gasteiger partial charge in [-0.25, -0.2) is 12.8 Å². The summed E-state index contributed by atoms with van der Waals surface area (Å²) in [7, 11) is -2.24. The van der Waals surface area contributed by atoms with Crippen LogP contribution in [-0.2, 0) is 25.9 Å². The second-order valence-corrected chi connectivity index (χ2v) is 9.29. The van der Waals surface area contributed by atoms with Crippen molar-refractivity contribution in [3.63, 3.8) is 0 Å². The van der Waals surface area contributed by atoms with Crippen molar-refractivity contribution in [2.45, 2.75) is 18.4 Å². The van der Waals surface area contributed by atoms with Gasteiger partial charge in [0.2, 0.25) is 0 Å². The predicted octanol–water partition coefficient (Wildman–Crippen LogP) is 2.55. The molecule has 0 atom stereocenters. The van der Waals surface area contributed by atoms with E-state index in [1.807, 2.05) is 0 Å². The highest BCUT2D eigenvalue weighted by Gasteiger charge is 2.16. The third-order valence-corrected chi connectivity index (χ3v) is 6.95. The molecule has 0 aliphatic heterocycles.